The van der Waals surface area contributed by atoms with E-state index in [-0.39, 0.29) is 17.8 Å². The predicted octanol–water partition coefficient (Wildman–Crippen LogP) is 3.70. The van der Waals surface area contributed by atoms with Crippen molar-refractivity contribution in [3.05, 3.63) is 65.2 Å². The van der Waals surface area contributed by atoms with Crippen molar-refractivity contribution in [3.8, 4) is 0 Å². The summed E-state index contributed by atoms with van der Waals surface area (Å²) in [5.41, 5.74) is 5.22. The number of rotatable bonds is 9. The van der Waals surface area contributed by atoms with Gasteiger partial charge in [0.25, 0.3) is 0 Å². The van der Waals surface area contributed by atoms with Crippen molar-refractivity contribution < 1.29 is 13.2 Å². The highest BCUT2D eigenvalue weighted by molar-refractivity contribution is 7.92. The van der Waals surface area contributed by atoms with Crippen molar-refractivity contribution in [2.24, 2.45) is 17.8 Å². The van der Waals surface area contributed by atoms with Crippen molar-refractivity contribution >= 4 is 15.7 Å². The minimum Gasteiger partial charge on any atom is -0.384 e. The maximum Gasteiger partial charge on any atom is 0.234 e. The largest absolute Gasteiger partial charge is 0.384 e. The zero-order valence-corrected chi connectivity index (χ0v) is 19.9. The lowest BCUT2D eigenvalue weighted by Crippen LogP contribution is -2.34. The van der Waals surface area contributed by atoms with E-state index >= 15 is 0 Å². The topological polar surface area (TPSA) is 58.6 Å². The summed E-state index contributed by atoms with van der Waals surface area (Å²) in [6, 6.07) is 17.0. The molecule has 5 nitrogen and oxygen atoms in total. The Labute approximate surface area is 192 Å². The zero-order chi connectivity index (χ0) is 22.3. The Balaban J connectivity index is 1.23. The molecule has 0 aromatic heterocycles. The van der Waals surface area contributed by atoms with Gasteiger partial charge in [-0.05, 0) is 65.8 Å². The molecule has 1 aliphatic heterocycles. The van der Waals surface area contributed by atoms with E-state index in [1.54, 1.807) is 0 Å². The molecule has 1 saturated heterocycles. The van der Waals surface area contributed by atoms with E-state index in [1.165, 1.54) is 43.2 Å². The molecule has 0 spiro atoms. The summed E-state index contributed by atoms with van der Waals surface area (Å²) in [5, 5.41) is 0. The van der Waals surface area contributed by atoms with E-state index in [9.17, 15) is 8.42 Å². The molecule has 0 radical (unpaired) electrons. The average Bonchev–Trinajstić information content (AvgIpc) is 3.08. The first-order chi connectivity index (χ1) is 15.4. The fraction of sp³-hybridized carbons (Fsp3) is 0.538. The van der Waals surface area contributed by atoms with E-state index in [4.69, 9.17) is 4.74 Å². The summed E-state index contributed by atoms with van der Waals surface area (Å²) in [4.78, 5) is 2.68. The molecule has 5 rings (SSSR count). The Bertz CT molecular complexity index is 1050. The van der Waals surface area contributed by atoms with Gasteiger partial charge >= 0.3 is 0 Å². The van der Waals surface area contributed by atoms with Crippen LogP contribution >= 0.6 is 0 Å². The van der Waals surface area contributed by atoms with Crippen LogP contribution < -0.4 is 4.72 Å². The number of sulfonamides is 1. The molecule has 3 aliphatic rings. The van der Waals surface area contributed by atoms with Crippen LogP contribution in [0.2, 0.25) is 0 Å². The smallest absolute Gasteiger partial charge is 0.234 e. The van der Waals surface area contributed by atoms with E-state index in [2.05, 4.69) is 52.9 Å². The highest BCUT2D eigenvalue weighted by Crippen LogP contribution is 2.65. The summed E-state index contributed by atoms with van der Waals surface area (Å²) < 4.78 is 32.2. The number of nitrogens with zero attached hydrogens (tertiary/aromatic N) is 1. The fourth-order valence-corrected chi connectivity index (χ4v) is 7.54. The summed E-state index contributed by atoms with van der Waals surface area (Å²) in [6.07, 6.45) is 3.53. The first kappa shape index (κ1) is 21.9. The van der Waals surface area contributed by atoms with Gasteiger partial charge in [-0.25, -0.2) is 8.42 Å². The minimum absolute atomic E-state index is 0.0299. The molecular formula is C26H34N2O3S. The Hall–Kier alpha value is -1.89. The van der Waals surface area contributed by atoms with Crippen LogP contribution in [0.3, 0.4) is 0 Å². The number of ether oxygens (including phenoxy) is 1. The van der Waals surface area contributed by atoms with Crippen LogP contribution in [0, 0.1) is 17.8 Å². The number of likely N-dealkylation sites (tertiary alicyclic amines) is 1. The van der Waals surface area contributed by atoms with Crippen LogP contribution in [0.1, 0.15) is 30.0 Å². The van der Waals surface area contributed by atoms with E-state index < -0.39 is 10.0 Å². The van der Waals surface area contributed by atoms with Crippen molar-refractivity contribution in [1.82, 2.24) is 4.90 Å². The molecule has 1 N–H and O–H groups in total. The van der Waals surface area contributed by atoms with Crippen molar-refractivity contribution in [2.75, 3.05) is 43.8 Å². The molecule has 2 aromatic carbocycles. The van der Waals surface area contributed by atoms with Gasteiger partial charge in [-0.1, -0.05) is 43.3 Å². The molecule has 2 atom stereocenters. The van der Waals surface area contributed by atoms with Gasteiger partial charge in [-0.3, -0.25) is 4.72 Å². The Morgan fingerprint density at radius 3 is 2.38 bits per heavy atom. The lowest BCUT2D eigenvalue weighted by molar-refractivity contribution is 0.217. The number of hydrogen-bond acceptors (Lipinski definition) is 4. The van der Waals surface area contributed by atoms with Crippen LogP contribution in [-0.4, -0.2) is 52.4 Å². The van der Waals surface area contributed by atoms with Crippen LogP contribution in [0.5, 0.6) is 0 Å². The van der Waals surface area contributed by atoms with Crippen molar-refractivity contribution in [2.45, 2.75) is 31.6 Å². The van der Waals surface area contributed by atoms with Crippen molar-refractivity contribution in [1.29, 1.82) is 0 Å². The molecular weight excluding hydrogens is 420 g/mol. The molecule has 0 bridgehead atoms. The lowest BCUT2D eigenvalue weighted by atomic mass is 9.87. The molecule has 172 valence electrons. The van der Waals surface area contributed by atoms with Crippen LogP contribution in [0.15, 0.2) is 48.5 Å². The third-order valence-corrected chi connectivity index (χ3v) is 9.33. The van der Waals surface area contributed by atoms with Crippen molar-refractivity contribution in [3.63, 3.8) is 0 Å². The van der Waals surface area contributed by atoms with Crippen LogP contribution in [0.4, 0.5) is 5.69 Å². The SMILES string of the molecule is CCC1(c2cccc(NS(=O)(=O)CCOC)c2)C2CN(CC3Cc4ccccc4C3)CC21. The van der Waals surface area contributed by atoms with Gasteiger partial charge in [0.1, 0.15) is 0 Å². The van der Waals surface area contributed by atoms with E-state index in [1.807, 2.05) is 12.1 Å². The Kier molecular flexibility index (Phi) is 5.81. The number of benzene rings is 2. The van der Waals surface area contributed by atoms with E-state index in [0.717, 1.165) is 25.4 Å². The molecule has 1 saturated carbocycles. The van der Waals surface area contributed by atoms with Gasteiger partial charge in [0.2, 0.25) is 10.0 Å². The summed E-state index contributed by atoms with van der Waals surface area (Å²) in [5.74, 6) is 2.07. The molecule has 1 heterocycles. The molecule has 6 heteroatoms. The van der Waals surface area contributed by atoms with Gasteiger partial charge in [0.15, 0.2) is 0 Å². The molecule has 2 aliphatic carbocycles. The number of methoxy groups -OCH3 is 1. The van der Waals surface area contributed by atoms with Gasteiger partial charge in [-0.2, -0.15) is 0 Å². The zero-order valence-electron chi connectivity index (χ0n) is 19.1. The Morgan fingerprint density at radius 2 is 1.75 bits per heavy atom. The minimum atomic E-state index is -3.39. The third kappa shape index (κ3) is 3.97. The standard InChI is InChI=1S/C26H34N2O3S/c1-3-26(22-9-6-10-23(15-22)27-32(29,30)12-11-31-2)24-17-28(18-25(24)26)16-19-13-20-7-4-5-8-21(20)14-19/h4-10,15,19,24-25,27H,3,11-14,16-18H2,1-2H3. The third-order valence-electron chi connectivity index (χ3n) is 8.08. The van der Waals surface area contributed by atoms with Gasteiger partial charge in [-0.15, -0.1) is 0 Å². The van der Waals surface area contributed by atoms with Gasteiger partial charge in [0.05, 0.1) is 12.4 Å². The normalized spacial score (nSPS) is 27.3. The highest BCUT2D eigenvalue weighted by Gasteiger charge is 2.67. The highest BCUT2D eigenvalue weighted by atomic mass is 32.2. The predicted molar refractivity (Wildman–Crippen MR) is 128 cm³/mol. The summed E-state index contributed by atoms with van der Waals surface area (Å²) in [7, 11) is -1.88. The number of nitrogens with one attached hydrogen (secondary N) is 1. The molecule has 2 aromatic rings. The first-order valence-corrected chi connectivity index (χ1v) is 13.5. The fourth-order valence-electron chi connectivity index (χ4n) is 6.56. The first-order valence-electron chi connectivity index (χ1n) is 11.8. The second-order valence-corrected chi connectivity index (χ2v) is 11.7. The monoisotopic (exact) mass is 454 g/mol. The summed E-state index contributed by atoms with van der Waals surface area (Å²) >= 11 is 0. The molecule has 0 amide bonds. The maximum atomic E-state index is 12.3. The van der Waals surface area contributed by atoms with Crippen LogP contribution in [0.25, 0.3) is 0 Å². The number of anilines is 1. The van der Waals surface area contributed by atoms with Crippen LogP contribution in [-0.2, 0) is 33.0 Å². The number of fused-ring (bicyclic) bond motifs is 2. The second-order valence-electron chi connectivity index (χ2n) is 9.86. The molecule has 32 heavy (non-hydrogen) atoms. The number of piperidine rings is 1. The van der Waals surface area contributed by atoms with E-state index in [0.29, 0.717) is 17.5 Å². The molecule has 2 unspecified atom stereocenters. The quantitative estimate of drug-likeness (QED) is 0.628. The summed E-state index contributed by atoms with van der Waals surface area (Å²) in [6.45, 7) is 6.00. The maximum absolute atomic E-state index is 12.3. The lowest BCUT2D eigenvalue weighted by Gasteiger charge is -2.28. The Morgan fingerprint density at radius 1 is 1.06 bits per heavy atom. The second kappa shape index (κ2) is 8.47. The molecule has 2 fully saturated rings. The number of hydrogen-bond donors (Lipinski definition) is 1. The van der Waals surface area contributed by atoms with Gasteiger partial charge in [0, 0.05) is 37.8 Å². The average molecular weight is 455 g/mol. The van der Waals surface area contributed by atoms with Gasteiger partial charge < -0.3 is 9.64 Å².